The Morgan fingerprint density at radius 2 is 1.90 bits per heavy atom. The lowest BCUT2D eigenvalue weighted by atomic mass is 10.2. The van der Waals surface area contributed by atoms with Gasteiger partial charge in [0.2, 0.25) is 0 Å². The van der Waals surface area contributed by atoms with Gasteiger partial charge >= 0.3 is 5.97 Å². The molecule has 0 bridgehead atoms. The average Bonchev–Trinajstić information content (AvgIpc) is 2.70. The van der Waals surface area contributed by atoms with Crippen LogP contribution in [0.2, 0.25) is 10.0 Å². The maximum Gasteiger partial charge on any atom is 0.339 e. The third kappa shape index (κ3) is 5.52. The summed E-state index contributed by atoms with van der Waals surface area (Å²) >= 11 is 12.1. The van der Waals surface area contributed by atoms with E-state index in [0.29, 0.717) is 6.61 Å². The van der Waals surface area contributed by atoms with Crippen molar-refractivity contribution in [2.75, 3.05) is 19.0 Å². The fraction of sp³-hybridized carbons (Fsp3) is 0.263. The van der Waals surface area contributed by atoms with Crippen molar-refractivity contribution in [2.45, 2.75) is 20.0 Å². The molecule has 30 heavy (non-hydrogen) atoms. The highest BCUT2D eigenvalue weighted by Gasteiger charge is 2.23. The highest BCUT2D eigenvalue weighted by molar-refractivity contribution is 6.34. The lowest BCUT2D eigenvalue weighted by Crippen LogP contribution is -2.30. The largest absolute Gasteiger partial charge is 0.493 e. The number of nitrogens with one attached hydrogen (secondary N) is 1. The third-order valence-corrected chi connectivity index (χ3v) is 4.44. The Hall–Kier alpha value is -3.04. The summed E-state index contributed by atoms with van der Waals surface area (Å²) in [5.41, 5.74) is -0.187. The third-order valence-electron chi connectivity index (χ3n) is 3.83. The van der Waals surface area contributed by atoms with Crippen molar-refractivity contribution in [1.82, 2.24) is 0 Å². The molecule has 11 heteroatoms. The summed E-state index contributed by atoms with van der Waals surface area (Å²) in [4.78, 5) is 35.0. The quantitative estimate of drug-likeness (QED) is 0.353. The number of hydrogen-bond donors (Lipinski definition) is 1. The number of carbonyl (C=O) groups is 2. The van der Waals surface area contributed by atoms with E-state index in [-0.39, 0.29) is 38.5 Å². The van der Waals surface area contributed by atoms with Crippen molar-refractivity contribution < 1.29 is 28.7 Å². The Bertz CT molecular complexity index is 982. The van der Waals surface area contributed by atoms with E-state index < -0.39 is 22.9 Å². The molecule has 1 atom stereocenters. The number of ether oxygens (including phenoxy) is 3. The number of benzene rings is 2. The first-order chi connectivity index (χ1) is 14.2. The normalized spacial score (nSPS) is 11.4. The van der Waals surface area contributed by atoms with E-state index in [1.807, 2.05) is 0 Å². The Morgan fingerprint density at radius 1 is 1.20 bits per heavy atom. The van der Waals surface area contributed by atoms with E-state index in [0.717, 1.165) is 6.07 Å². The van der Waals surface area contributed by atoms with Crippen molar-refractivity contribution in [3.8, 4) is 11.5 Å². The van der Waals surface area contributed by atoms with Crippen LogP contribution in [0.15, 0.2) is 30.3 Å². The topological polar surface area (TPSA) is 117 Å². The predicted molar refractivity (Wildman–Crippen MR) is 111 cm³/mol. The molecule has 1 amide bonds. The number of esters is 1. The van der Waals surface area contributed by atoms with E-state index in [1.54, 1.807) is 6.92 Å². The van der Waals surface area contributed by atoms with Gasteiger partial charge < -0.3 is 19.5 Å². The summed E-state index contributed by atoms with van der Waals surface area (Å²) in [7, 11) is 1.39. The molecule has 0 aromatic heterocycles. The maximum absolute atomic E-state index is 12.4. The summed E-state index contributed by atoms with van der Waals surface area (Å²) in [6.45, 7) is 3.45. The number of nitrogens with zero attached hydrogens (tertiary/aromatic N) is 1. The Kier molecular flexibility index (Phi) is 7.85. The number of nitro groups is 1. The van der Waals surface area contributed by atoms with Crippen molar-refractivity contribution in [3.63, 3.8) is 0 Å². The van der Waals surface area contributed by atoms with Crippen molar-refractivity contribution in [3.05, 3.63) is 56.1 Å². The van der Waals surface area contributed by atoms with Crippen LogP contribution in [0.5, 0.6) is 11.5 Å². The fourth-order valence-electron chi connectivity index (χ4n) is 2.36. The monoisotopic (exact) mass is 456 g/mol. The Morgan fingerprint density at radius 3 is 2.50 bits per heavy atom. The molecule has 0 saturated heterocycles. The zero-order valence-electron chi connectivity index (χ0n) is 16.2. The molecule has 1 N–H and O–H groups in total. The average molecular weight is 457 g/mol. The summed E-state index contributed by atoms with van der Waals surface area (Å²) in [6.07, 6.45) is -1.23. The van der Waals surface area contributed by atoms with Gasteiger partial charge in [-0.05, 0) is 32.0 Å². The van der Waals surface area contributed by atoms with Crippen LogP contribution in [0.4, 0.5) is 11.4 Å². The first-order valence-corrected chi connectivity index (χ1v) is 9.39. The smallest absolute Gasteiger partial charge is 0.339 e. The Balaban J connectivity index is 2.14. The first kappa shape index (κ1) is 23.2. The van der Waals surface area contributed by atoms with Gasteiger partial charge in [-0.15, -0.1) is 0 Å². The van der Waals surface area contributed by atoms with Crippen LogP contribution in [0.3, 0.4) is 0 Å². The number of nitro benzene ring substituents is 1. The van der Waals surface area contributed by atoms with Gasteiger partial charge in [0.1, 0.15) is 0 Å². The van der Waals surface area contributed by atoms with Crippen LogP contribution >= 0.6 is 23.2 Å². The molecule has 0 radical (unpaired) electrons. The molecule has 0 heterocycles. The predicted octanol–water partition coefficient (Wildman–Crippen LogP) is 4.49. The van der Waals surface area contributed by atoms with Crippen LogP contribution in [-0.2, 0) is 9.53 Å². The number of halogens is 2. The van der Waals surface area contributed by atoms with E-state index >= 15 is 0 Å². The van der Waals surface area contributed by atoms with Gasteiger partial charge in [0.15, 0.2) is 17.6 Å². The standard InChI is InChI=1S/C19H18Cl2N2O7/c1-4-29-17-14(21)7-11(8-16(17)28-3)19(25)30-10(2)18(24)22-15-9-12(23(26)27)5-6-13(15)20/h5-10H,4H2,1-3H3,(H,22,24). The minimum atomic E-state index is -1.23. The van der Waals surface area contributed by atoms with E-state index in [2.05, 4.69) is 5.32 Å². The number of amides is 1. The summed E-state index contributed by atoms with van der Waals surface area (Å²) in [5.74, 6) is -1.04. The molecule has 2 aromatic rings. The molecule has 2 aromatic carbocycles. The van der Waals surface area contributed by atoms with Crippen molar-refractivity contribution in [2.24, 2.45) is 0 Å². The number of non-ortho nitro benzene ring substituents is 1. The molecule has 0 aliphatic carbocycles. The molecule has 0 aliphatic heterocycles. The summed E-state index contributed by atoms with van der Waals surface area (Å²) in [6, 6.07) is 6.29. The zero-order valence-corrected chi connectivity index (χ0v) is 17.7. The van der Waals surface area contributed by atoms with Crippen molar-refractivity contribution in [1.29, 1.82) is 0 Å². The minimum absolute atomic E-state index is 0.0181. The van der Waals surface area contributed by atoms with Gasteiger partial charge in [0.05, 0.1) is 39.9 Å². The molecule has 9 nitrogen and oxygen atoms in total. The lowest BCUT2D eigenvalue weighted by molar-refractivity contribution is -0.384. The first-order valence-electron chi connectivity index (χ1n) is 8.64. The molecule has 0 aliphatic rings. The van der Waals surface area contributed by atoms with Crippen LogP contribution in [-0.4, -0.2) is 36.6 Å². The second kappa shape index (κ2) is 10.1. The molecule has 160 valence electrons. The SMILES string of the molecule is CCOc1c(Cl)cc(C(=O)OC(C)C(=O)Nc2cc([N+](=O)[O-])ccc2Cl)cc1OC. The maximum atomic E-state index is 12.4. The number of carbonyl (C=O) groups excluding carboxylic acids is 2. The molecule has 0 saturated carbocycles. The van der Waals surface area contributed by atoms with Gasteiger partial charge in [-0.25, -0.2) is 4.79 Å². The highest BCUT2D eigenvalue weighted by Crippen LogP contribution is 2.36. The van der Waals surface area contributed by atoms with Gasteiger partial charge in [-0.3, -0.25) is 14.9 Å². The molecule has 0 fully saturated rings. The Labute approximate surface area is 182 Å². The number of anilines is 1. The second-order valence-electron chi connectivity index (χ2n) is 5.88. The molecule has 0 spiro atoms. The van der Waals surface area contributed by atoms with Gasteiger partial charge in [-0.2, -0.15) is 0 Å². The van der Waals surface area contributed by atoms with Gasteiger partial charge in [0, 0.05) is 12.1 Å². The molecule has 2 rings (SSSR count). The lowest BCUT2D eigenvalue weighted by Gasteiger charge is -2.16. The van der Waals surface area contributed by atoms with Gasteiger partial charge in [0.25, 0.3) is 11.6 Å². The second-order valence-corrected chi connectivity index (χ2v) is 6.69. The van der Waals surface area contributed by atoms with E-state index in [1.165, 1.54) is 38.3 Å². The van der Waals surface area contributed by atoms with E-state index in [9.17, 15) is 19.7 Å². The summed E-state index contributed by atoms with van der Waals surface area (Å²) < 4.78 is 15.7. The zero-order chi connectivity index (χ0) is 22.4. The van der Waals surface area contributed by atoms with E-state index in [4.69, 9.17) is 37.4 Å². The van der Waals surface area contributed by atoms with Crippen LogP contribution in [0.1, 0.15) is 24.2 Å². The number of methoxy groups -OCH3 is 1. The number of hydrogen-bond acceptors (Lipinski definition) is 7. The van der Waals surface area contributed by atoms with Crippen LogP contribution in [0, 0.1) is 10.1 Å². The molecular formula is C19H18Cl2N2O7. The van der Waals surface area contributed by atoms with Crippen LogP contribution < -0.4 is 14.8 Å². The fourth-order valence-corrected chi connectivity index (χ4v) is 2.79. The molecular weight excluding hydrogens is 439 g/mol. The van der Waals surface area contributed by atoms with Gasteiger partial charge in [-0.1, -0.05) is 23.2 Å². The number of rotatable bonds is 8. The van der Waals surface area contributed by atoms with Crippen LogP contribution in [0.25, 0.3) is 0 Å². The minimum Gasteiger partial charge on any atom is -0.493 e. The highest BCUT2D eigenvalue weighted by atomic mass is 35.5. The summed E-state index contributed by atoms with van der Waals surface area (Å²) in [5, 5.41) is 13.5. The molecule has 1 unspecified atom stereocenters. The van der Waals surface area contributed by atoms with Crippen molar-refractivity contribution >= 4 is 46.5 Å².